The van der Waals surface area contributed by atoms with Crippen molar-refractivity contribution in [1.29, 1.82) is 0 Å². The minimum Gasteiger partial charge on any atom is -0.497 e. The molecule has 0 bridgehead atoms. The number of methoxy groups -OCH3 is 2. The molecule has 1 aliphatic rings. The topological polar surface area (TPSA) is 56.8 Å². The first-order valence-electron chi connectivity index (χ1n) is 6.51. The van der Waals surface area contributed by atoms with Crippen molar-refractivity contribution in [3.05, 3.63) is 53.6 Å². The fourth-order valence-electron chi connectivity index (χ4n) is 2.32. The third-order valence-corrected chi connectivity index (χ3v) is 3.38. The zero-order chi connectivity index (χ0) is 14.8. The fraction of sp³-hybridized carbons (Fsp3) is 0.188. The minimum absolute atomic E-state index is 0.329. The lowest BCUT2D eigenvalue weighted by atomic mass is 10.1. The van der Waals surface area contributed by atoms with Crippen LogP contribution in [0.1, 0.15) is 22.1 Å². The lowest BCUT2D eigenvalue weighted by molar-refractivity contribution is 0.0436. The number of fused-ring (bicyclic) bond motifs is 1. The highest BCUT2D eigenvalue weighted by molar-refractivity contribution is 5.94. The number of nitrogens with one attached hydrogen (secondary N) is 1. The second-order valence-corrected chi connectivity index (χ2v) is 4.58. The fourth-order valence-corrected chi connectivity index (χ4v) is 2.32. The van der Waals surface area contributed by atoms with Crippen molar-refractivity contribution in [2.45, 2.75) is 6.23 Å². The van der Waals surface area contributed by atoms with E-state index in [9.17, 15) is 4.79 Å². The molecule has 0 amide bonds. The standard InChI is InChI=1S/C16H15NO4/c1-19-10-7-8-14(20-2)13(9-10)17-15-11-5-3-4-6-12(11)16(18)21-15/h3-9,15,17H,1-2H3. The number of rotatable bonds is 4. The van der Waals surface area contributed by atoms with Gasteiger partial charge in [-0.2, -0.15) is 0 Å². The van der Waals surface area contributed by atoms with Crippen LogP contribution in [0, 0.1) is 0 Å². The Morgan fingerprint density at radius 1 is 1.10 bits per heavy atom. The Bertz CT molecular complexity index is 684. The molecule has 1 atom stereocenters. The van der Waals surface area contributed by atoms with Gasteiger partial charge in [-0.05, 0) is 18.2 Å². The molecule has 0 saturated carbocycles. The minimum atomic E-state index is -0.533. The van der Waals surface area contributed by atoms with Crippen LogP contribution in [0.15, 0.2) is 42.5 Å². The number of esters is 1. The van der Waals surface area contributed by atoms with Gasteiger partial charge < -0.3 is 19.5 Å². The molecule has 2 aromatic rings. The Kier molecular flexibility index (Phi) is 3.39. The van der Waals surface area contributed by atoms with Crippen LogP contribution in [0.3, 0.4) is 0 Å². The summed E-state index contributed by atoms with van der Waals surface area (Å²) < 4.78 is 15.9. The number of carbonyl (C=O) groups excluding carboxylic acids is 1. The summed E-state index contributed by atoms with van der Waals surface area (Å²) in [4.78, 5) is 11.8. The van der Waals surface area contributed by atoms with E-state index in [4.69, 9.17) is 14.2 Å². The first-order chi connectivity index (χ1) is 10.2. The van der Waals surface area contributed by atoms with Gasteiger partial charge in [-0.15, -0.1) is 0 Å². The molecule has 0 aliphatic carbocycles. The Morgan fingerprint density at radius 3 is 2.67 bits per heavy atom. The zero-order valence-electron chi connectivity index (χ0n) is 11.8. The van der Waals surface area contributed by atoms with E-state index in [1.807, 2.05) is 18.2 Å². The van der Waals surface area contributed by atoms with Gasteiger partial charge in [0.05, 0.1) is 25.5 Å². The quantitative estimate of drug-likeness (QED) is 0.875. The van der Waals surface area contributed by atoms with Crippen LogP contribution in [-0.4, -0.2) is 20.2 Å². The molecule has 0 spiro atoms. The predicted molar refractivity (Wildman–Crippen MR) is 77.8 cm³/mol. The molecule has 1 unspecified atom stereocenters. The molecule has 108 valence electrons. The summed E-state index contributed by atoms with van der Waals surface area (Å²) in [7, 11) is 3.18. The maximum atomic E-state index is 11.8. The monoisotopic (exact) mass is 285 g/mol. The summed E-state index contributed by atoms with van der Waals surface area (Å²) in [6.45, 7) is 0. The normalized spacial score (nSPS) is 16.1. The Labute approximate surface area is 122 Å². The van der Waals surface area contributed by atoms with E-state index >= 15 is 0 Å². The molecule has 2 aromatic carbocycles. The summed E-state index contributed by atoms with van der Waals surface area (Å²) in [6.07, 6.45) is -0.533. The van der Waals surface area contributed by atoms with Gasteiger partial charge in [-0.1, -0.05) is 18.2 Å². The number of ether oxygens (including phenoxy) is 3. The van der Waals surface area contributed by atoms with Crippen molar-refractivity contribution in [2.24, 2.45) is 0 Å². The van der Waals surface area contributed by atoms with Crippen molar-refractivity contribution in [2.75, 3.05) is 19.5 Å². The molecule has 21 heavy (non-hydrogen) atoms. The zero-order valence-corrected chi connectivity index (χ0v) is 11.8. The first-order valence-corrected chi connectivity index (χ1v) is 6.51. The Morgan fingerprint density at radius 2 is 1.90 bits per heavy atom. The van der Waals surface area contributed by atoms with Crippen LogP contribution in [0.4, 0.5) is 5.69 Å². The number of cyclic esters (lactones) is 1. The van der Waals surface area contributed by atoms with Gasteiger partial charge in [0.1, 0.15) is 11.5 Å². The Hall–Kier alpha value is -2.69. The van der Waals surface area contributed by atoms with Gasteiger partial charge in [0.2, 0.25) is 6.23 Å². The number of hydrogen-bond donors (Lipinski definition) is 1. The first kappa shape index (κ1) is 13.3. The van der Waals surface area contributed by atoms with Crippen molar-refractivity contribution in [1.82, 2.24) is 0 Å². The maximum Gasteiger partial charge on any atom is 0.340 e. The molecular formula is C16H15NO4. The van der Waals surface area contributed by atoms with Crippen LogP contribution in [0.2, 0.25) is 0 Å². The van der Waals surface area contributed by atoms with Gasteiger partial charge >= 0.3 is 5.97 Å². The third kappa shape index (κ3) is 2.38. The van der Waals surface area contributed by atoms with E-state index in [1.54, 1.807) is 38.5 Å². The predicted octanol–water partition coefficient (Wildman–Crippen LogP) is 2.98. The highest BCUT2D eigenvalue weighted by Crippen LogP contribution is 2.36. The third-order valence-electron chi connectivity index (χ3n) is 3.38. The van der Waals surface area contributed by atoms with E-state index in [-0.39, 0.29) is 5.97 Å². The summed E-state index contributed by atoms with van der Waals surface area (Å²) in [5, 5.41) is 3.17. The van der Waals surface area contributed by atoms with E-state index < -0.39 is 6.23 Å². The number of carbonyl (C=O) groups is 1. The molecular weight excluding hydrogens is 270 g/mol. The van der Waals surface area contributed by atoms with Crippen LogP contribution < -0.4 is 14.8 Å². The largest absolute Gasteiger partial charge is 0.497 e. The van der Waals surface area contributed by atoms with Crippen molar-refractivity contribution in [3.63, 3.8) is 0 Å². The second kappa shape index (κ2) is 5.36. The molecule has 5 heteroatoms. The summed E-state index contributed by atoms with van der Waals surface area (Å²) in [5.41, 5.74) is 2.09. The van der Waals surface area contributed by atoms with Crippen LogP contribution in [0.5, 0.6) is 11.5 Å². The lowest BCUT2D eigenvalue weighted by Crippen LogP contribution is -2.11. The molecule has 0 aromatic heterocycles. The molecule has 5 nitrogen and oxygen atoms in total. The molecule has 1 aliphatic heterocycles. The van der Waals surface area contributed by atoms with Crippen LogP contribution in [-0.2, 0) is 4.74 Å². The average molecular weight is 285 g/mol. The van der Waals surface area contributed by atoms with Crippen molar-refractivity contribution < 1.29 is 19.0 Å². The van der Waals surface area contributed by atoms with Gasteiger partial charge in [-0.25, -0.2) is 4.79 Å². The average Bonchev–Trinajstić information content (AvgIpc) is 2.84. The second-order valence-electron chi connectivity index (χ2n) is 4.58. The summed E-state index contributed by atoms with van der Waals surface area (Å²) in [6, 6.07) is 12.7. The van der Waals surface area contributed by atoms with Gasteiger partial charge in [0.25, 0.3) is 0 Å². The van der Waals surface area contributed by atoms with E-state index in [0.29, 0.717) is 22.7 Å². The van der Waals surface area contributed by atoms with E-state index in [0.717, 1.165) is 5.56 Å². The SMILES string of the molecule is COc1ccc(OC)c(NC2OC(=O)c3ccccc32)c1. The van der Waals surface area contributed by atoms with Crippen molar-refractivity contribution >= 4 is 11.7 Å². The van der Waals surface area contributed by atoms with E-state index in [2.05, 4.69) is 5.32 Å². The Balaban J connectivity index is 1.93. The highest BCUT2D eigenvalue weighted by Gasteiger charge is 2.31. The smallest absolute Gasteiger partial charge is 0.340 e. The number of anilines is 1. The van der Waals surface area contributed by atoms with Gasteiger partial charge in [-0.3, -0.25) is 0 Å². The number of benzene rings is 2. The molecule has 0 saturated heterocycles. The highest BCUT2D eigenvalue weighted by atomic mass is 16.6. The lowest BCUT2D eigenvalue weighted by Gasteiger charge is -2.17. The van der Waals surface area contributed by atoms with Crippen LogP contribution >= 0.6 is 0 Å². The van der Waals surface area contributed by atoms with Gasteiger partial charge in [0.15, 0.2) is 0 Å². The molecule has 0 fully saturated rings. The number of hydrogen-bond acceptors (Lipinski definition) is 5. The van der Waals surface area contributed by atoms with Gasteiger partial charge in [0, 0.05) is 11.6 Å². The van der Waals surface area contributed by atoms with E-state index in [1.165, 1.54) is 0 Å². The molecule has 0 radical (unpaired) electrons. The van der Waals surface area contributed by atoms with Crippen LogP contribution in [0.25, 0.3) is 0 Å². The molecule has 3 rings (SSSR count). The molecule has 1 N–H and O–H groups in total. The summed E-state index contributed by atoms with van der Waals surface area (Å²) in [5.74, 6) is 1.01. The maximum absolute atomic E-state index is 11.8. The van der Waals surface area contributed by atoms with Crippen molar-refractivity contribution in [3.8, 4) is 11.5 Å². The summed E-state index contributed by atoms with van der Waals surface area (Å²) >= 11 is 0. The molecule has 1 heterocycles.